The third-order valence-electron chi connectivity index (χ3n) is 3.34. The Morgan fingerprint density at radius 1 is 1.29 bits per heavy atom. The third-order valence-corrected chi connectivity index (χ3v) is 5.29. The maximum Gasteiger partial charge on any atom is 0.214 e. The molecule has 0 spiro atoms. The van der Waals surface area contributed by atoms with Crippen molar-refractivity contribution in [3.63, 3.8) is 0 Å². The second-order valence-electron chi connectivity index (χ2n) is 4.75. The summed E-state index contributed by atoms with van der Waals surface area (Å²) in [5.74, 6) is 0.319. The summed E-state index contributed by atoms with van der Waals surface area (Å²) in [5.41, 5.74) is 3.73. The van der Waals surface area contributed by atoms with Gasteiger partial charge in [-0.25, -0.2) is 12.7 Å². The summed E-state index contributed by atoms with van der Waals surface area (Å²) in [5, 5.41) is 0. The average Bonchev–Trinajstić information content (AvgIpc) is 2.59. The second-order valence-corrected chi connectivity index (χ2v) is 6.84. The molecule has 0 amide bonds. The molecule has 4 heteroatoms. The minimum absolute atomic E-state index is 0.319. The molecule has 0 bridgehead atoms. The van der Waals surface area contributed by atoms with Crippen LogP contribution in [0, 0.1) is 13.8 Å². The van der Waals surface area contributed by atoms with E-state index in [0.717, 1.165) is 12.8 Å². The van der Waals surface area contributed by atoms with Crippen LogP contribution in [-0.2, 0) is 16.4 Å². The fourth-order valence-electron chi connectivity index (χ4n) is 2.26. The maximum atomic E-state index is 11.7. The van der Waals surface area contributed by atoms with Gasteiger partial charge in [0, 0.05) is 13.1 Å². The fourth-order valence-corrected chi connectivity index (χ4v) is 3.79. The Kier molecular flexibility index (Phi) is 3.54. The average molecular weight is 253 g/mol. The van der Waals surface area contributed by atoms with Crippen LogP contribution in [0.3, 0.4) is 0 Å². The van der Waals surface area contributed by atoms with Gasteiger partial charge in [0.15, 0.2) is 0 Å². The van der Waals surface area contributed by atoms with Gasteiger partial charge < -0.3 is 0 Å². The molecule has 1 aliphatic rings. The molecule has 0 saturated carbocycles. The lowest BCUT2D eigenvalue weighted by Gasteiger charge is -2.15. The summed E-state index contributed by atoms with van der Waals surface area (Å²) in [6.45, 7) is 5.45. The van der Waals surface area contributed by atoms with Crippen LogP contribution < -0.4 is 0 Å². The molecule has 1 saturated heterocycles. The van der Waals surface area contributed by atoms with E-state index in [2.05, 4.69) is 32.0 Å². The van der Waals surface area contributed by atoms with Crippen LogP contribution in [0.2, 0.25) is 0 Å². The molecule has 17 heavy (non-hydrogen) atoms. The summed E-state index contributed by atoms with van der Waals surface area (Å²) >= 11 is 0. The van der Waals surface area contributed by atoms with Crippen molar-refractivity contribution in [2.24, 2.45) is 0 Å². The Morgan fingerprint density at radius 2 is 2.06 bits per heavy atom. The van der Waals surface area contributed by atoms with Crippen molar-refractivity contribution in [2.75, 3.05) is 18.8 Å². The first-order valence-electron chi connectivity index (χ1n) is 6.03. The predicted octanol–water partition coefficient (Wildman–Crippen LogP) is 1.88. The molecule has 0 unspecified atom stereocenters. The van der Waals surface area contributed by atoms with Gasteiger partial charge >= 0.3 is 0 Å². The zero-order valence-electron chi connectivity index (χ0n) is 10.4. The molecule has 2 rings (SSSR count). The number of aryl methyl sites for hydroxylation is 2. The normalized spacial score (nSPS) is 19.6. The molecule has 1 aromatic carbocycles. The van der Waals surface area contributed by atoms with Gasteiger partial charge in [-0.05, 0) is 37.8 Å². The summed E-state index contributed by atoms with van der Waals surface area (Å²) < 4.78 is 24.9. The van der Waals surface area contributed by atoms with Crippen molar-refractivity contribution in [2.45, 2.75) is 26.7 Å². The molecule has 1 aromatic rings. The highest BCUT2D eigenvalue weighted by Crippen LogP contribution is 2.16. The van der Waals surface area contributed by atoms with Crippen LogP contribution >= 0.6 is 0 Å². The van der Waals surface area contributed by atoms with Crippen LogP contribution in [0.4, 0.5) is 0 Å². The number of hydrogen-bond donors (Lipinski definition) is 0. The maximum absolute atomic E-state index is 11.7. The topological polar surface area (TPSA) is 37.4 Å². The molecule has 0 atom stereocenters. The van der Waals surface area contributed by atoms with Gasteiger partial charge in [0.25, 0.3) is 0 Å². The van der Waals surface area contributed by atoms with Crippen LogP contribution in [0.5, 0.6) is 0 Å². The lowest BCUT2D eigenvalue weighted by atomic mass is 10.0. The van der Waals surface area contributed by atoms with Crippen molar-refractivity contribution < 1.29 is 8.42 Å². The number of rotatable bonds is 3. The highest BCUT2D eigenvalue weighted by Gasteiger charge is 2.27. The molecular formula is C13H19NO2S. The van der Waals surface area contributed by atoms with Crippen LogP contribution in [0.15, 0.2) is 18.2 Å². The van der Waals surface area contributed by atoms with Gasteiger partial charge in [0.1, 0.15) is 0 Å². The van der Waals surface area contributed by atoms with E-state index in [1.165, 1.54) is 16.7 Å². The first kappa shape index (κ1) is 12.6. The Labute approximate surface area is 104 Å². The quantitative estimate of drug-likeness (QED) is 0.825. The minimum atomic E-state index is -2.95. The summed E-state index contributed by atoms with van der Waals surface area (Å²) in [7, 11) is -2.95. The minimum Gasteiger partial charge on any atom is -0.212 e. The molecule has 3 nitrogen and oxygen atoms in total. The van der Waals surface area contributed by atoms with E-state index >= 15 is 0 Å². The predicted molar refractivity (Wildman–Crippen MR) is 69.6 cm³/mol. The molecule has 94 valence electrons. The summed E-state index contributed by atoms with van der Waals surface area (Å²) in [6, 6.07) is 6.34. The number of hydrogen-bond acceptors (Lipinski definition) is 2. The molecule has 0 aliphatic carbocycles. The van der Waals surface area contributed by atoms with E-state index in [9.17, 15) is 8.42 Å². The van der Waals surface area contributed by atoms with Gasteiger partial charge in [0.2, 0.25) is 10.0 Å². The number of benzene rings is 1. The fraction of sp³-hybridized carbons (Fsp3) is 0.538. The SMILES string of the molecule is Cc1ccc(C)c(CCN2CCCS2(=O)=O)c1. The first-order chi connectivity index (χ1) is 7.99. The highest BCUT2D eigenvalue weighted by atomic mass is 32.2. The van der Waals surface area contributed by atoms with Crippen molar-refractivity contribution in [3.05, 3.63) is 34.9 Å². The van der Waals surface area contributed by atoms with Crippen molar-refractivity contribution >= 4 is 10.0 Å². The van der Waals surface area contributed by atoms with E-state index in [-0.39, 0.29) is 0 Å². The van der Waals surface area contributed by atoms with E-state index in [1.807, 2.05) is 0 Å². The molecule has 1 fully saturated rings. The summed E-state index contributed by atoms with van der Waals surface area (Å²) in [6.07, 6.45) is 1.59. The lowest BCUT2D eigenvalue weighted by molar-refractivity contribution is 0.447. The van der Waals surface area contributed by atoms with Crippen molar-refractivity contribution in [3.8, 4) is 0 Å². The third kappa shape index (κ3) is 2.87. The molecule has 0 aromatic heterocycles. The van der Waals surface area contributed by atoms with Gasteiger partial charge in [-0.15, -0.1) is 0 Å². The largest absolute Gasteiger partial charge is 0.214 e. The Morgan fingerprint density at radius 3 is 2.71 bits per heavy atom. The standard InChI is InChI=1S/C13H19NO2S/c1-11-4-5-12(2)13(10-11)6-8-14-7-3-9-17(14,15)16/h4-5,10H,3,6-9H2,1-2H3. The van der Waals surface area contributed by atoms with Crippen LogP contribution in [-0.4, -0.2) is 31.6 Å². The van der Waals surface area contributed by atoms with E-state index in [1.54, 1.807) is 4.31 Å². The van der Waals surface area contributed by atoms with Gasteiger partial charge in [-0.2, -0.15) is 0 Å². The van der Waals surface area contributed by atoms with Crippen LogP contribution in [0.1, 0.15) is 23.1 Å². The van der Waals surface area contributed by atoms with Crippen molar-refractivity contribution in [1.82, 2.24) is 4.31 Å². The van der Waals surface area contributed by atoms with E-state index in [0.29, 0.717) is 18.8 Å². The van der Waals surface area contributed by atoms with Gasteiger partial charge in [-0.1, -0.05) is 23.8 Å². The van der Waals surface area contributed by atoms with E-state index < -0.39 is 10.0 Å². The van der Waals surface area contributed by atoms with Gasteiger partial charge in [-0.3, -0.25) is 0 Å². The monoisotopic (exact) mass is 253 g/mol. The molecule has 1 heterocycles. The number of sulfonamides is 1. The Bertz CT molecular complexity index is 508. The zero-order valence-corrected chi connectivity index (χ0v) is 11.3. The van der Waals surface area contributed by atoms with Crippen molar-refractivity contribution in [1.29, 1.82) is 0 Å². The molecule has 0 radical (unpaired) electrons. The second kappa shape index (κ2) is 4.78. The smallest absolute Gasteiger partial charge is 0.212 e. The highest BCUT2D eigenvalue weighted by molar-refractivity contribution is 7.89. The zero-order chi connectivity index (χ0) is 12.5. The Hall–Kier alpha value is -0.870. The van der Waals surface area contributed by atoms with E-state index in [4.69, 9.17) is 0 Å². The first-order valence-corrected chi connectivity index (χ1v) is 7.64. The number of nitrogens with zero attached hydrogens (tertiary/aromatic N) is 1. The molecule has 0 N–H and O–H groups in total. The van der Waals surface area contributed by atoms with Crippen LogP contribution in [0.25, 0.3) is 0 Å². The summed E-state index contributed by atoms with van der Waals surface area (Å²) in [4.78, 5) is 0. The lowest BCUT2D eigenvalue weighted by Crippen LogP contribution is -2.28. The van der Waals surface area contributed by atoms with Gasteiger partial charge in [0.05, 0.1) is 5.75 Å². The molecular weight excluding hydrogens is 234 g/mol. The Balaban J connectivity index is 2.05. The molecule has 1 aliphatic heterocycles.